The van der Waals surface area contributed by atoms with E-state index in [0.717, 1.165) is 24.3 Å². The van der Waals surface area contributed by atoms with Gasteiger partial charge in [0.05, 0.1) is 11.1 Å². The van der Waals surface area contributed by atoms with E-state index in [-0.39, 0.29) is 17.0 Å². The molecule has 1 heterocycles. The van der Waals surface area contributed by atoms with Crippen molar-refractivity contribution in [2.45, 2.75) is 0 Å². The molecule has 0 spiro atoms. The lowest BCUT2D eigenvalue weighted by Crippen LogP contribution is -2.15. The molecular weight excluding hydrogens is 390 g/mol. The van der Waals surface area contributed by atoms with Crippen LogP contribution in [0.5, 0.6) is 23.0 Å². The number of phenols is 4. The Morgan fingerprint density at radius 2 is 1.45 bits per heavy atom. The predicted molar refractivity (Wildman–Crippen MR) is 94.1 cm³/mol. The number of benzene rings is 2. The van der Waals surface area contributed by atoms with Gasteiger partial charge in [0.25, 0.3) is 0 Å². The Labute approximate surface area is 159 Å². The number of rotatable bonds is 4. The van der Waals surface area contributed by atoms with Gasteiger partial charge in [0.15, 0.2) is 5.82 Å². The van der Waals surface area contributed by atoms with Crippen LogP contribution in [0.1, 0.15) is 20.7 Å². The molecule has 12 nitrogen and oxygen atoms in total. The molecule has 0 fully saturated rings. The first kappa shape index (κ1) is 19.2. The zero-order chi connectivity index (χ0) is 21.5. The van der Waals surface area contributed by atoms with Gasteiger partial charge in [-0.1, -0.05) is 0 Å². The van der Waals surface area contributed by atoms with Gasteiger partial charge >= 0.3 is 17.6 Å². The van der Waals surface area contributed by atoms with Crippen LogP contribution >= 0.6 is 0 Å². The SMILES string of the molecule is O=C(O)c1cc(O)c(-c2nc(-c3cc(O)cc(C(=O)O)c3O)nc(=O)[nH]2)cc1O. The molecule has 148 valence electrons. The van der Waals surface area contributed by atoms with E-state index in [0.29, 0.717) is 0 Å². The number of H-pyrrole nitrogens is 1. The molecule has 3 rings (SSSR count). The van der Waals surface area contributed by atoms with E-state index in [4.69, 9.17) is 10.2 Å². The average Bonchev–Trinajstić information content (AvgIpc) is 2.63. The fourth-order valence-electron chi connectivity index (χ4n) is 2.52. The van der Waals surface area contributed by atoms with Crippen molar-refractivity contribution in [3.05, 3.63) is 45.9 Å². The largest absolute Gasteiger partial charge is 0.508 e. The lowest BCUT2D eigenvalue weighted by molar-refractivity contribution is 0.0682. The number of hydrogen-bond acceptors (Lipinski definition) is 9. The summed E-state index contributed by atoms with van der Waals surface area (Å²) < 4.78 is 0. The van der Waals surface area contributed by atoms with Crippen LogP contribution < -0.4 is 5.69 Å². The Hall–Kier alpha value is -4.61. The first-order valence-electron chi connectivity index (χ1n) is 7.66. The van der Waals surface area contributed by atoms with E-state index in [2.05, 4.69) is 15.0 Å². The second-order valence-corrected chi connectivity index (χ2v) is 5.71. The first-order valence-corrected chi connectivity index (χ1v) is 7.66. The number of aromatic amines is 1. The smallest absolute Gasteiger partial charge is 0.348 e. The minimum absolute atomic E-state index is 0.272. The van der Waals surface area contributed by atoms with Crippen molar-refractivity contribution in [2.24, 2.45) is 0 Å². The second-order valence-electron chi connectivity index (χ2n) is 5.71. The summed E-state index contributed by atoms with van der Waals surface area (Å²) in [6.45, 7) is 0. The number of aromatic hydroxyl groups is 4. The molecule has 0 bridgehead atoms. The molecule has 1 aromatic heterocycles. The molecule has 0 aliphatic heterocycles. The Kier molecular flexibility index (Phi) is 4.52. The molecule has 0 radical (unpaired) electrons. The summed E-state index contributed by atoms with van der Waals surface area (Å²) >= 11 is 0. The van der Waals surface area contributed by atoms with Crippen molar-refractivity contribution in [1.82, 2.24) is 15.0 Å². The van der Waals surface area contributed by atoms with Crippen LogP contribution in [0.4, 0.5) is 0 Å². The molecule has 0 amide bonds. The number of nitrogens with one attached hydrogen (secondary N) is 1. The Balaban J connectivity index is 2.24. The van der Waals surface area contributed by atoms with E-state index >= 15 is 0 Å². The third-order valence-corrected chi connectivity index (χ3v) is 3.82. The fraction of sp³-hybridized carbons (Fsp3) is 0. The molecule has 12 heteroatoms. The van der Waals surface area contributed by atoms with Crippen LogP contribution in [0.3, 0.4) is 0 Å². The van der Waals surface area contributed by atoms with Gasteiger partial charge in [0.1, 0.15) is 39.9 Å². The molecule has 2 aromatic carbocycles. The van der Waals surface area contributed by atoms with Crippen molar-refractivity contribution in [3.63, 3.8) is 0 Å². The topological polar surface area (TPSA) is 214 Å². The summed E-state index contributed by atoms with van der Waals surface area (Å²) in [5, 5.41) is 57.8. The van der Waals surface area contributed by atoms with E-state index in [1.165, 1.54) is 0 Å². The lowest BCUT2D eigenvalue weighted by atomic mass is 10.1. The minimum atomic E-state index is -1.56. The minimum Gasteiger partial charge on any atom is -0.508 e. The third-order valence-electron chi connectivity index (χ3n) is 3.82. The van der Waals surface area contributed by atoms with Gasteiger partial charge in [-0.05, 0) is 24.3 Å². The summed E-state index contributed by atoms with van der Waals surface area (Å²) in [5.74, 6) is -6.67. The maximum Gasteiger partial charge on any atom is 0.348 e. The van der Waals surface area contributed by atoms with Crippen LogP contribution in [0.25, 0.3) is 22.8 Å². The molecule has 0 atom stereocenters. The summed E-state index contributed by atoms with van der Waals surface area (Å²) in [7, 11) is 0. The van der Waals surface area contributed by atoms with Crippen molar-refractivity contribution >= 4 is 11.9 Å². The van der Waals surface area contributed by atoms with Crippen molar-refractivity contribution in [1.29, 1.82) is 0 Å². The number of nitrogens with zero attached hydrogens (tertiary/aromatic N) is 2. The van der Waals surface area contributed by atoms with Gasteiger partial charge in [-0.2, -0.15) is 4.98 Å². The third kappa shape index (κ3) is 3.49. The Bertz CT molecular complexity index is 1230. The normalized spacial score (nSPS) is 10.6. The molecule has 0 saturated carbocycles. The zero-order valence-corrected chi connectivity index (χ0v) is 14.1. The van der Waals surface area contributed by atoms with Gasteiger partial charge in [0.2, 0.25) is 0 Å². The number of hydrogen-bond donors (Lipinski definition) is 7. The number of carbonyl (C=O) groups is 2. The monoisotopic (exact) mass is 401 g/mol. The van der Waals surface area contributed by atoms with E-state index in [1.807, 2.05) is 0 Å². The Morgan fingerprint density at radius 3 is 2.07 bits per heavy atom. The van der Waals surface area contributed by atoms with Gasteiger partial charge in [-0.15, -0.1) is 0 Å². The molecular formula is C17H11N3O9. The van der Waals surface area contributed by atoms with Crippen molar-refractivity contribution in [3.8, 4) is 45.8 Å². The molecule has 0 saturated heterocycles. The van der Waals surface area contributed by atoms with Crippen LogP contribution in [0.15, 0.2) is 29.1 Å². The number of aromatic carboxylic acids is 2. The predicted octanol–water partition coefficient (Wildman–Crippen LogP) is 0.718. The summed E-state index contributed by atoms with van der Waals surface area (Å²) in [4.78, 5) is 43.7. The van der Waals surface area contributed by atoms with Gasteiger partial charge in [-0.3, -0.25) is 4.98 Å². The van der Waals surface area contributed by atoms with E-state index in [1.54, 1.807) is 0 Å². The standard InChI is InChI=1S/C17H11N3O9/c21-5-1-8(12(24)9(2-5)16(27)28)14-18-13(19-17(29)20-14)6-3-11(23)7(15(25)26)4-10(6)22/h1-4,21-24H,(H,25,26)(H,27,28)(H,18,19,20,29). The maximum atomic E-state index is 11.9. The van der Waals surface area contributed by atoms with Gasteiger partial charge < -0.3 is 30.6 Å². The number of aromatic nitrogens is 3. The molecule has 0 unspecified atom stereocenters. The molecule has 0 aliphatic carbocycles. The fourth-order valence-corrected chi connectivity index (χ4v) is 2.52. The lowest BCUT2D eigenvalue weighted by Gasteiger charge is -2.10. The second kappa shape index (κ2) is 6.84. The maximum absolute atomic E-state index is 11.9. The highest BCUT2D eigenvalue weighted by molar-refractivity contribution is 5.95. The number of carboxylic acids is 2. The zero-order valence-electron chi connectivity index (χ0n) is 14.1. The quantitative estimate of drug-likeness (QED) is 0.302. The highest BCUT2D eigenvalue weighted by Gasteiger charge is 2.21. The highest BCUT2D eigenvalue weighted by atomic mass is 16.4. The van der Waals surface area contributed by atoms with Crippen LogP contribution in [0, 0.1) is 0 Å². The summed E-state index contributed by atoms with van der Waals surface area (Å²) in [5.41, 5.74) is -2.95. The van der Waals surface area contributed by atoms with Gasteiger partial charge in [0, 0.05) is 0 Å². The highest BCUT2D eigenvalue weighted by Crippen LogP contribution is 2.36. The van der Waals surface area contributed by atoms with Crippen LogP contribution in [0.2, 0.25) is 0 Å². The van der Waals surface area contributed by atoms with Crippen molar-refractivity contribution in [2.75, 3.05) is 0 Å². The number of phenolic OH excluding ortho intramolecular Hbond substituents is 2. The summed E-state index contributed by atoms with van der Waals surface area (Å²) in [6, 6.07) is 3.28. The van der Waals surface area contributed by atoms with Crippen LogP contribution in [-0.4, -0.2) is 57.5 Å². The molecule has 7 N–H and O–H groups in total. The van der Waals surface area contributed by atoms with Gasteiger partial charge in [-0.25, -0.2) is 19.4 Å². The first-order chi connectivity index (χ1) is 13.6. The average molecular weight is 401 g/mol. The molecule has 29 heavy (non-hydrogen) atoms. The van der Waals surface area contributed by atoms with E-state index in [9.17, 15) is 34.8 Å². The summed E-state index contributed by atoms with van der Waals surface area (Å²) in [6.07, 6.45) is 0. The van der Waals surface area contributed by atoms with Crippen molar-refractivity contribution < 1.29 is 40.2 Å². The van der Waals surface area contributed by atoms with E-state index < -0.39 is 57.6 Å². The number of carboxylic acid groups (broad SMARTS) is 2. The Morgan fingerprint density at radius 1 is 0.793 bits per heavy atom. The molecule has 3 aromatic rings. The van der Waals surface area contributed by atoms with Crippen LogP contribution in [-0.2, 0) is 0 Å². The molecule has 0 aliphatic rings.